The first kappa shape index (κ1) is 16.1. The molecule has 0 radical (unpaired) electrons. The van der Waals surface area contributed by atoms with Crippen molar-refractivity contribution in [3.05, 3.63) is 47.4 Å². The van der Waals surface area contributed by atoms with Crippen molar-refractivity contribution in [2.24, 2.45) is 0 Å². The topological polar surface area (TPSA) is 78.3 Å². The zero-order valence-electron chi connectivity index (χ0n) is 12.2. The molecule has 0 aliphatic rings. The Balaban J connectivity index is 2.25. The summed E-state index contributed by atoms with van der Waals surface area (Å²) in [4.78, 5) is 7.91. The number of alkyl halides is 2. The van der Waals surface area contributed by atoms with Crippen LogP contribution in [-0.4, -0.2) is 26.8 Å². The van der Waals surface area contributed by atoms with Crippen molar-refractivity contribution in [3.8, 4) is 5.75 Å². The minimum absolute atomic E-state index is 0.116. The van der Waals surface area contributed by atoms with Crippen LogP contribution in [0.25, 0.3) is 0 Å². The van der Waals surface area contributed by atoms with Gasteiger partial charge >= 0.3 is 0 Å². The van der Waals surface area contributed by atoms with Gasteiger partial charge in [0, 0.05) is 5.56 Å². The number of hydrogen-bond donors (Lipinski definition) is 3. The summed E-state index contributed by atoms with van der Waals surface area (Å²) in [5, 5.41) is 21.4. The van der Waals surface area contributed by atoms with E-state index in [0.717, 1.165) is 0 Å². The molecule has 0 bridgehead atoms. The molecule has 118 valence electrons. The van der Waals surface area contributed by atoms with Gasteiger partial charge in [-0.2, -0.15) is 8.78 Å². The lowest BCUT2D eigenvalue weighted by Crippen LogP contribution is -2.19. The molecular formula is C15H17F2N3O2. The van der Waals surface area contributed by atoms with Gasteiger partial charge in [-0.25, -0.2) is 9.97 Å². The van der Waals surface area contributed by atoms with Crippen molar-refractivity contribution in [1.82, 2.24) is 9.97 Å². The van der Waals surface area contributed by atoms with Crippen molar-refractivity contribution < 1.29 is 19.0 Å². The lowest BCUT2D eigenvalue weighted by atomic mass is 10.0. The number of aryl methyl sites for hydroxylation is 1. The largest absolute Gasteiger partial charge is 0.503 e. The summed E-state index contributed by atoms with van der Waals surface area (Å²) in [6.07, 6.45) is 1.27. The standard InChI is InChI=1S/C15H17F2N3O2/c1-9(19-14-13(22)7-18-10(2)20-14)11-4-3-5-12(6-11)15(16,17)8-21/h3-7,9,21-22H,8H2,1-2H3,(H,18,19,20)/t9-/m1/s1. The van der Waals surface area contributed by atoms with E-state index in [1.807, 2.05) is 0 Å². The monoisotopic (exact) mass is 309 g/mol. The van der Waals surface area contributed by atoms with E-state index in [9.17, 15) is 13.9 Å². The summed E-state index contributed by atoms with van der Waals surface area (Å²) < 4.78 is 27.1. The first-order valence-electron chi connectivity index (χ1n) is 6.72. The summed E-state index contributed by atoms with van der Waals surface area (Å²) in [5.41, 5.74) is 0.325. The molecule has 0 amide bonds. The molecule has 1 aromatic carbocycles. The first-order valence-corrected chi connectivity index (χ1v) is 6.72. The number of halogens is 2. The number of aromatic nitrogens is 2. The van der Waals surface area contributed by atoms with E-state index in [1.165, 1.54) is 24.4 Å². The number of benzene rings is 1. The second kappa shape index (κ2) is 6.23. The van der Waals surface area contributed by atoms with Crippen LogP contribution < -0.4 is 5.32 Å². The SMILES string of the molecule is Cc1ncc(O)c(N[C@H](C)c2cccc(C(F)(F)CO)c2)n1. The summed E-state index contributed by atoms with van der Waals surface area (Å²) >= 11 is 0. The highest BCUT2D eigenvalue weighted by atomic mass is 19.3. The predicted molar refractivity (Wildman–Crippen MR) is 77.9 cm³/mol. The number of hydrogen-bond acceptors (Lipinski definition) is 5. The lowest BCUT2D eigenvalue weighted by Gasteiger charge is -2.19. The third-order valence-electron chi connectivity index (χ3n) is 3.25. The molecule has 0 aliphatic carbocycles. The van der Waals surface area contributed by atoms with Gasteiger partial charge in [0.2, 0.25) is 0 Å². The van der Waals surface area contributed by atoms with Gasteiger partial charge in [0.1, 0.15) is 12.4 Å². The Morgan fingerprint density at radius 3 is 2.77 bits per heavy atom. The van der Waals surface area contributed by atoms with Gasteiger partial charge in [-0.15, -0.1) is 0 Å². The van der Waals surface area contributed by atoms with E-state index in [0.29, 0.717) is 11.4 Å². The van der Waals surface area contributed by atoms with E-state index in [-0.39, 0.29) is 23.2 Å². The molecule has 5 nitrogen and oxygen atoms in total. The number of anilines is 1. The summed E-state index contributed by atoms with van der Waals surface area (Å²) in [6, 6.07) is 5.39. The van der Waals surface area contributed by atoms with Gasteiger partial charge in [0.05, 0.1) is 12.2 Å². The summed E-state index contributed by atoms with van der Waals surface area (Å²) in [5.74, 6) is -2.69. The van der Waals surface area contributed by atoms with Crippen LogP contribution in [0.15, 0.2) is 30.5 Å². The van der Waals surface area contributed by atoms with Crippen molar-refractivity contribution >= 4 is 5.82 Å². The maximum atomic E-state index is 13.5. The molecule has 0 saturated heterocycles. The predicted octanol–water partition coefficient (Wildman–Crippen LogP) is 2.75. The molecule has 22 heavy (non-hydrogen) atoms. The van der Waals surface area contributed by atoms with Gasteiger partial charge in [0.15, 0.2) is 11.6 Å². The van der Waals surface area contributed by atoms with Crippen LogP contribution in [0, 0.1) is 6.92 Å². The molecule has 1 heterocycles. The third-order valence-corrected chi connectivity index (χ3v) is 3.25. The second-order valence-corrected chi connectivity index (χ2v) is 5.01. The number of aliphatic hydroxyl groups excluding tert-OH is 1. The van der Waals surface area contributed by atoms with E-state index in [2.05, 4.69) is 15.3 Å². The molecule has 7 heteroatoms. The minimum Gasteiger partial charge on any atom is -0.503 e. The fourth-order valence-corrected chi connectivity index (χ4v) is 1.99. The smallest absolute Gasteiger partial charge is 0.295 e. The number of aliphatic hydroxyl groups is 1. The molecule has 3 N–H and O–H groups in total. The van der Waals surface area contributed by atoms with Crippen LogP contribution in [-0.2, 0) is 5.92 Å². The Morgan fingerprint density at radius 1 is 1.36 bits per heavy atom. The average Bonchev–Trinajstić information content (AvgIpc) is 2.51. The fourth-order valence-electron chi connectivity index (χ4n) is 1.99. The van der Waals surface area contributed by atoms with Crippen molar-refractivity contribution in [2.75, 3.05) is 11.9 Å². The van der Waals surface area contributed by atoms with Gasteiger partial charge in [-0.05, 0) is 25.5 Å². The molecule has 0 fully saturated rings. The van der Waals surface area contributed by atoms with E-state index in [1.54, 1.807) is 19.9 Å². The molecule has 0 aliphatic heterocycles. The molecular weight excluding hydrogens is 292 g/mol. The van der Waals surface area contributed by atoms with Crippen LogP contribution in [0.1, 0.15) is 29.9 Å². The highest BCUT2D eigenvalue weighted by Crippen LogP contribution is 2.30. The van der Waals surface area contributed by atoms with Crippen molar-refractivity contribution in [1.29, 1.82) is 0 Å². The number of nitrogens with one attached hydrogen (secondary N) is 1. The third kappa shape index (κ3) is 3.48. The first-order chi connectivity index (χ1) is 10.3. The number of nitrogens with zero attached hydrogens (tertiary/aromatic N) is 2. The second-order valence-electron chi connectivity index (χ2n) is 5.01. The number of rotatable bonds is 5. The average molecular weight is 309 g/mol. The highest BCUT2D eigenvalue weighted by Gasteiger charge is 2.30. The molecule has 0 saturated carbocycles. The van der Waals surface area contributed by atoms with Crippen LogP contribution in [0.3, 0.4) is 0 Å². The molecule has 2 aromatic rings. The van der Waals surface area contributed by atoms with Crippen LogP contribution in [0.2, 0.25) is 0 Å². The Labute approximate surface area is 126 Å². The molecule has 0 spiro atoms. The summed E-state index contributed by atoms with van der Waals surface area (Å²) in [7, 11) is 0. The Hall–Kier alpha value is -2.28. The Kier molecular flexibility index (Phi) is 4.56. The van der Waals surface area contributed by atoms with Crippen LogP contribution >= 0.6 is 0 Å². The van der Waals surface area contributed by atoms with Gasteiger partial charge in [0.25, 0.3) is 5.92 Å². The minimum atomic E-state index is -3.29. The van der Waals surface area contributed by atoms with Crippen LogP contribution in [0.4, 0.5) is 14.6 Å². The van der Waals surface area contributed by atoms with Crippen molar-refractivity contribution in [2.45, 2.75) is 25.8 Å². The quantitative estimate of drug-likeness (QED) is 0.791. The normalized spacial score (nSPS) is 13.0. The Bertz CT molecular complexity index is 665. The number of aromatic hydroxyl groups is 1. The zero-order chi connectivity index (χ0) is 16.3. The van der Waals surface area contributed by atoms with E-state index in [4.69, 9.17) is 5.11 Å². The summed E-state index contributed by atoms with van der Waals surface area (Å²) in [6.45, 7) is 2.19. The maximum absolute atomic E-state index is 13.5. The lowest BCUT2D eigenvalue weighted by molar-refractivity contribution is -0.0556. The van der Waals surface area contributed by atoms with E-state index >= 15 is 0 Å². The fraction of sp³-hybridized carbons (Fsp3) is 0.333. The molecule has 1 atom stereocenters. The zero-order valence-corrected chi connectivity index (χ0v) is 12.2. The van der Waals surface area contributed by atoms with Gasteiger partial charge in [-0.1, -0.05) is 18.2 Å². The van der Waals surface area contributed by atoms with Crippen LogP contribution in [0.5, 0.6) is 5.75 Å². The van der Waals surface area contributed by atoms with Gasteiger partial charge < -0.3 is 15.5 Å². The highest BCUT2D eigenvalue weighted by molar-refractivity contribution is 5.49. The molecule has 0 unspecified atom stereocenters. The van der Waals surface area contributed by atoms with E-state index < -0.39 is 12.5 Å². The van der Waals surface area contributed by atoms with Crippen molar-refractivity contribution in [3.63, 3.8) is 0 Å². The maximum Gasteiger partial charge on any atom is 0.295 e. The Morgan fingerprint density at radius 2 is 2.09 bits per heavy atom. The van der Waals surface area contributed by atoms with Gasteiger partial charge in [-0.3, -0.25) is 0 Å². The molecule has 1 aromatic heterocycles. The molecule has 2 rings (SSSR count).